The maximum Gasteiger partial charge on any atom is 0.121 e. The number of phenolic OH excluding ortho intramolecular Hbond substituents is 1. The van der Waals surface area contributed by atoms with Crippen LogP contribution >= 0.6 is 0 Å². The largest absolute Gasteiger partial charge is 0.508 e. The third kappa shape index (κ3) is 3.60. The minimum atomic E-state index is -1.48. The number of ether oxygens (including phenoxy) is 1. The van der Waals surface area contributed by atoms with Crippen LogP contribution in [0.5, 0.6) is 5.75 Å². The minimum absolute atomic E-state index is 0.0661. The van der Waals surface area contributed by atoms with Crippen molar-refractivity contribution in [1.82, 2.24) is 0 Å². The van der Waals surface area contributed by atoms with Crippen molar-refractivity contribution in [3.8, 4) is 5.75 Å². The zero-order chi connectivity index (χ0) is 18.8. The lowest BCUT2D eigenvalue weighted by Crippen LogP contribution is -2.55. The Hall–Kier alpha value is -1.96. The highest BCUT2D eigenvalue weighted by molar-refractivity contribution is 5.45. The first-order valence-electron chi connectivity index (χ1n) is 8.59. The van der Waals surface area contributed by atoms with E-state index in [4.69, 9.17) is 4.74 Å². The molecule has 6 heteroatoms. The maximum atomic E-state index is 10.4. The molecule has 140 valence electrons. The molecule has 5 N–H and O–H groups in total. The first kappa shape index (κ1) is 18.8. The first-order valence-corrected chi connectivity index (χ1v) is 8.59. The zero-order valence-electron chi connectivity index (χ0n) is 14.5. The maximum absolute atomic E-state index is 10.4. The number of hydrogen-bond donors (Lipinski definition) is 5. The molecular weight excluding hydrogens is 336 g/mol. The Kier molecular flexibility index (Phi) is 5.60. The molecule has 0 unspecified atom stereocenters. The number of rotatable bonds is 4. The second kappa shape index (κ2) is 7.73. The van der Waals surface area contributed by atoms with Crippen LogP contribution < -0.4 is 0 Å². The number of aromatic hydroxyl groups is 1. The normalized spacial score (nSPS) is 28.9. The number of phenols is 1. The fourth-order valence-electron chi connectivity index (χ4n) is 3.35. The predicted molar refractivity (Wildman–Crippen MR) is 94.8 cm³/mol. The molecule has 1 fully saturated rings. The summed E-state index contributed by atoms with van der Waals surface area (Å²) in [7, 11) is 0. The van der Waals surface area contributed by atoms with Gasteiger partial charge in [0.1, 0.15) is 36.3 Å². The van der Waals surface area contributed by atoms with Crippen molar-refractivity contribution in [2.45, 2.75) is 43.9 Å². The van der Waals surface area contributed by atoms with Gasteiger partial charge in [0, 0.05) is 5.56 Å². The van der Waals surface area contributed by atoms with E-state index in [9.17, 15) is 25.5 Å². The van der Waals surface area contributed by atoms with E-state index in [1.807, 2.05) is 37.3 Å². The SMILES string of the molecule is Cc1cc(O)c([C@@H]2O[C@H](CO)[C@H](O)[C@H](O)[C@H]2O)cc1Cc1ccccc1. The summed E-state index contributed by atoms with van der Waals surface area (Å²) < 4.78 is 5.57. The summed E-state index contributed by atoms with van der Waals surface area (Å²) in [6.45, 7) is 1.38. The molecule has 1 aliphatic heterocycles. The second-order valence-electron chi connectivity index (χ2n) is 6.75. The van der Waals surface area contributed by atoms with Gasteiger partial charge in [-0.3, -0.25) is 0 Å². The van der Waals surface area contributed by atoms with E-state index in [1.54, 1.807) is 12.1 Å². The summed E-state index contributed by atoms with van der Waals surface area (Å²) in [5.41, 5.74) is 3.25. The molecule has 2 aromatic rings. The second-order valence-corrected chi connectivity index (χ2v) is 6.75. The van der Waals surface area contributed by atoms with E-state index in [2.05, 4.69) is 0 Å². The first-order chi connectivity index (χ1) is 12.4. The Morgan fingerprint density at radius 2 is 1.65 bits per heavy atom. The van der Waals surface area contributed by atoms with Crippen LogP contribution in [0.4, 0.5) is 0 Å². The van der Waals surface area contributed by atoms with Crippen LogP contribution in [0.3, 0.4) is 0 Å². The van der Waals surface area contributed by atoms with E-state index in [-0.39, 0.29) is 5.75 Å². The van der Waals surface area contributed by atoms with Crippen molar-refractivity contribution in [2.24, 2.45) is 0 Å². The molecule has 0 saturated carbocycles. The summed E-state index contributed by atoms with van der Waals surface area (Å²) in [5.74, 6) is -0.0661. The quantitative estimate of drug-likeness (QED) is 0.552. The molecule has 1 aliphatic rings. The van der Waals surface area contributed by atoms with Crippen molar-refractivity contribution in [2.75, 3.05) is 6.61 Å². The molecule has 1 heterocycles. The van der Waals surface area contributed by atoms with Gasteiger partial charge in [-0.2, -0.15) is 0 Å². The molecule has 5 atom stereocenters. The molecule has 2 aromatic carbocycles. The van der Waals surface area contributed by atoms with Crippen LogP contribution in [0.25, 0.3) is 0 Å². The molecule has 0 spiro atoms. The summed E-state index contributed by atoms with van der Waals surface area (Å²) in [5, 5.41) is 50.0. The number of aryl methyl sites for hydroxylation is 1. The Bertz CT molecular complexity index is 745. The molecule has 0 bridgehead atoms. The monoisotopic (exact) mass is 360 g/mol. The lowest BCUT2D eigenvalue weighted by Gasteiger charge is -2.40. The molecule has 0 radical (unpaired) electrons. The lowest BCUT2D eigenvalue weighted by atomic mass is 9.88. The van der Waals surface area contributed by atoms with Crippen LogP contribution in [0.1, 0.15) is 28.4 Å². The lowest BCUT2D eigenvalue weighted by molar-refractivity contribution is -0.232. The van der Waals surface area contributed by atoms with E-state index in [0.717, 1.165) is 16.7 Å². The van der Waals surface area contributed by atoms with Gasteiger partial charge in [0.15, 0.2) is 0 Å². The smallest absolute Gasteiger partial charge is 0.121 e. The molecule has 0 aromatic heterocycles. The highest BCUT2D eigenvalue weighted by atomic mass is 16.5. The molecule has 3 rings (SSSR count). The van der Waals surface area contributed by atoms with E-state index in [0.29, 0.717) is 12.0 Å². The van der Waals surface area contributed by atoms with Crippen LogP contribution in [0.2, 0.25) is 0 Å². The van der Waals surface area contributed by atoms with Gasteiger partial charge in [-0.1, -0.05) is 30.3 Å². The minimum Gasteiger partial charge on any atom is -0.508 e. The predicted octanol–water partition coefficient (Wildman–Crippen LogP) is 0.806. The van der Waals surface area contributed by atoms with Gasteiger partial charge in [-0.15, -0.1) is 0 Å². The van der Waals surface area contributed by atoms with Gasteiger partial charge in [-0.05, 0) is 42.2 Å². The van der Waals surface area contributed by atoms with Crippen molar-refractivity contribution >= 4 is 0 Å². The summed E-state index contributed by atoms with van der Waals surface area (Å²) >= 11 is 0. The molecule has 0 amide bonds. The molecule has 0 aliphatic carbocycles. The van der Waals surface area contributed by atoms with Gasteiger partial charge in [0.05, 0.1) is 6.61 Å². The van der Waals surface area contributed by atoms with Gasteiger partial charge in [-0.25, -0.2) is 0 Å². The van der Waals surface area contributed by atoms with Crippen molar-refractivity contribution in [3.63, 3.8) is 0 Å². The van der Waals surface area contributed by atoms with Crippen LogP contribution in [-0.4, -0.2) is 56.6 Å². The molecular formula is C20H24O6. The van der Waals surface area contributed by atoms with E-state index >= 15 is 0 Å². The zero-order valence-corrected chi connectivity index (χ0v) is 14.5. The average molecular weight is 360 g/mol. The number of aliphatic hydroxyl groups excluding tert-OH is 4. The molecule has 6 nitrogen and oxygen atoms in total. The van der Waals surface area contributed by atoms with Crippen molar-refractivity contribution in [3.05, 3.63) is 64.7 Å². The number of aliphatic hydroxyl groups is 4. The van der Waals surface area contributed by atoms with Crippen LogP contribution in [-0.2, 0) is 11.2 Å². The van der Waals surface area contributed by atoms with Gasteiger partial charge < -0.3 is 30.3 Å². The topological polar surface area (TPSA) is 110 Å². The van der Waals surface area contributed by atoms with Gasteiger partial charge >= 0.3 is 0 Å². The van der Waals surface area contributed by atoms with Gasteiger partial charge in [0.25, 0.3) is 0 Å². The third-order valence-corrected chi connectivity index (χ3v) is 4.92. The third-order valence-electron chi connectivity index (χ3n) is 4.92. The Morgan fingerprint density at radius 3 is 2.31 bits per heavy atom. The summed E-state index contributed by atoms with van der Waals surface area (Å²) in [4.78, 5) is 0. The van der Waals surface area contributed by atoms with E-state index < -0.39 is 37.1 Å². The highest BCUT2D eigenvalue weighted by Gasteiger charge is 2.44. The summed E-state index contributed by atoms with van der Waals surface area (Å²) in [6, 6.07) is 13.2. The van der Waals surface area contributed by atoms with Gasteiger partial charge in [0.2, 0.25) is 0 Å². The molecule has 1 saturated heterocycles. The Balaban J connectivity index is 1.95. The Morgan fingerprint density at radius 1 is 0.962 bits per heavy atom. The fraction of sp³-hybridized carbons (Fsp3) is 0.400. The summed E-state index contributed by atoms with van der Waals surface area (Å²) in [6.07, 6.45) is -5.77. The number of hydrogen-bond acceptors (Lipinski definition) is 6. The Labute approximate surface area is 151 Å². The standard InChI is InChI=1S/C20H24O6/c1-11-7-15(22)14(9-13(11)8-12-5-3-2-4-6-12)20-19(25)18(24)17(23)16(10-21)26-20/h2-7,9,16-25H,8,10H2,1H3/t16-,17+,18+,19-,20+/m1/s1. The van der Waals surface area contributed by atoms with E-state index in [1.165, 1.54) is 0 Å². The number of benzene rings is 2. The van der Waals surface area contributed by atoms with Crippen LogP contribution in [0, 0.1) is 6.92 Å². The van der Waals surface area contributed by atoms with Crippen LogP contribution in [0.15, 0.2) is 42.5 Å². The van der Waals surface area contributed by atoms with Crippen molar-refractivity contribution in [1.29, 1.82) is 0 Å². The average Bonchev–Trinajstić information content (AvgIpc) is 2.64. The highest BCUT2D eigenvalue weighted by Crippen LogP contribution is 2.38. The fourth-order valence-corrected chi connectivity index (χ4v) is 3.35. The van der Waals surface area contributed by atoms with Crippen molar-refractivity contribution < 1.29 is 30.3 Å². The molecule has 26 heavy (non-hydrogen) atoms.